The van der Waals surface area contributed by atoms with Crippen LogP contribution in [0.2, 0.25) is 5.02 Å². The fraction of sp³-hybridized carbons (Fsp3) is 0.222. The number of hydrogen-bond acceptors (Lipinski definition) is 5. The molecule has 0 radical (unpaired) electrons. The van der Waals surface area contributed by atoms with Gasteiger partial charge < -0.3 is 14.4 Å². The summed E-state index contributed by atoms with van der Waals surface area (Å²) in [5.74, 6) is -0.730. The maximum Gasteiger partial charge on any atom is 0.343 e. The van der Waals surface area contributed by atoms with Crippen LogP contribution in [0.15, 0.2) is 53.4 Å². The van der Waals surface area contributed by atoms with Crippen LogP contribution in [0.1, 0.15) is 41.3 Å². The third-order valence-corrected chi connectivity index (χ3v) is 7.30. The number of rotatable bonds is 2. The van der Waals surface area contributed by atoms with E-state index < -0.39 is 11.6 Å². The molecular formula is C27H21ClN2O4. The molecule has 6 rings (SSSR count). The molecule has 0 amide bonds. The third kappa shape index (κ3) is 2.82. The molecule has 2 aliphatic heterocycles. The van der Waals surface area contributed by atoms with E-state index in [9.17, 15) is 14.7 Å². The van der Waals surface area contributed by atoms with Crippen LogP contribution in [0.5, 0.6) is 0 Å². The first-order valence-corrected chi connectivity index (χ1v) is 11.5. The lowest BCUT2D eigenvalue weighted by molar-refractivity contribution is -0.172. The van der Waals surface area contributed by atoms with Crippen LogP contribution in [0.25, 0.3) is 28.6 Å². The van der Waals surface area contributed by atoms with Crippen molar-refractivity contribution in [3.05, 3.63) is 91.9 Å². The number of aromatic nitrogens is 2. The van der Waals surface area contributed by atoms with Crippen molar-refractivity contribution in [3.63, 3.8) is 0 Å². The lowest BCUT2D eigenvalue weighted by atomic mass is 9.85. The second kappa shape index (κ2) is 7.26. The summed E-state index contributed by atoms with van der Waals surface area (Å²) in [6, 6.07) is 9.38. The smallest absolute Gasteiger partial charge is 0.343 e. The Labute approximate surface area is 200 Å². The van der Waals surface area contributed by atoms with Crippen LogP contribution in [0.4, 0.5) is 0 Å². The normalized spacial score (nSPS) is 19.9. The van der Waals surface area contributed by atoms with Crippen molar-refractivity contribution in [1.82, 2.24) is 9.55 Å². The molecule has 1 unspecified atom stereocenters. The molecule has 0 bridgehead atoms. The molecule has 3 aromatic rings. The third-order valence-electron chi connectivity index (χ3n) is 7.05. The van der Waals surface area contributed by atoms with Crippen LogP contribution in [-0.4, -0.2) is 20.6 Å². The molecule has 0 spiro atoms. The van der Waals surface area contributed by atoms with Gasteiger partial charge in [-0.15, -0.1) is 0 Å². The van der Waals surface area contributed by atoms with E-state index in [-0.39, 0.29) is 18.6 Å². The van der Waals surface area contributed by atoms with E-state index in [0.29, 0.717) is 40.5 Å². The quantitative estimate of drug-likeness (QED) is 0.438. The van der Waals surface area contributed by atoms with E-state index >= 15 is 0 Å². The van der Waals surface area contributed by atoms with Gasteiger partial charge in [0.15, 0.2) is 5.60 Å². The van der Waals surface area contributed by atoms with E-state index in [4.69, 9.17) is 21.3 Å². The average molecular weight is 473 g/mol. The fourth-order valence-corrected chi connectivity index (χ4v) is 5.35. The van der Waals surface area contributed by atoms with Crippen molar-refractivity contribution in [2.75, 3.05) is 0 Å². The number of cyclic esters (lactones) is 1. The lowest BCUT2D eigenvalue weighted by Crippen LogP contribution is -2.44. The molecule has 0 saturated carbocycles. The number of aliphatic hydroxyl groups is 1. The molecule has 1 N–H and O–H groups in total. The number of halogens is 1. The summed E-state index contributed by atoms with van der Waals surface area (Å²) in [5.41, 5.74) is 5.56. The van der Waals surface area contributed by atoms with Gasteiger partial charge in [-0.05, 0) is 53.8 Å². The molecule has 2 aromatic heterocycles. The second-order valence-electron chi connectivity index (χ2n) is 8.96. The summed E-state index contributed by atoms with van der Waals surface area (Å²) in [4.78, 5) is 30.9. The summed E-state index contributed by atoms with van der Waals surface area (Å²) in [7, 11) is 0. The standard InChI is InChI=1S/C27H21ClN2O4/c1-3-27(33)20-11-22-24-18(12-30(22)25(31)19(20)13-34-26(27)32)23(15-5-7-16(28)8-6-15)17-10-14(2)4-9-21(17)29-24/h4-9,11,33H,2-3,10,12-13H2,1H3. The van der Waals surface area contributed by atoms with Gasteiger partial charge in [-0.1, -0.05) is 48.9 Å². The molecule has 170 valence electrons. The molecule has 34 heavy (non-hydrogen) atoms. The van der Waals surface area contributed by atoms with Gasteiger partial charge in [-0.25, -0.2) is 9.78 Å². The first-order chi connectivity index (χ1) is 16.3. The highest BCUT2D eigenvalue weighted by molar-refractivity contribution is 6.30. The van der Waals surface area contributed by atoms with Gasteiger partial charge in [0.25, 0.3) is 5.56 Å². The van der Waals surface area contributed by atoms with Crippen molar-refractivity contribution in [1.29, 1.82) is 0 Å². The molecule has 0 saturated heterocycles. The van der Waals surface area contributed by atoms with Gasteiger partial charge in [0, 0.05) is 16.1 Å². The van der Waals surface area contributed by atoms with Crippen LogP contribution in [0.3, 0.4) is 0 Å². The predicted molar refractivity (Wildman–Crippen MR) is 129 cm³/mol. The van der Waals surface area contributed by atoms with Crippen molar-refractivity contribution >= 4 is 23.6 Å². The number of allylic oxidation sites excluding steroid dienone is 2. The Balaban J connectivity index is 1.66. The zero-order valence-electron chi connectivity index (χ0n) is 18.5. The van der Waals surface area contributed by atoms with Gasteiger partial charge in [-0.3, -0.25) is 4.79 Å². The number of carbonyl (C=O) groups is 1. The number of hydrogen-bond donors (Lipinski definition) is 1. The Hall–Kier alpha value is -3.48. The van der Waals surface area contributed by atoms with Gasteiger partial charge in [0.05, 0.1) is 29.2 Å². The molecule has 6 nitrogen and oxygen atoms in total. The topological polar surface area (TPSA) is 81.4 Å². The highest BCUT2D eigenvalue weighted by atomic mass is 35.5. The Morgan fingerprint density at radius 3 is 2.68 bits per heavy atom. The summed E-state index contributed by atoms with van der Waals surface area (Å²) in [5, 5.41) is 11.7. The molecule has 3 aliphatic rings. The molecule has 1 atom stereocenters. The number of carbonyl (C=O) groups excluding carboxylic acids is 1. The maximum atomic E-state index is 13.5. The van der Waals surface area contributed by atoms with Crippen molar-refractivity contribution in [2.45, 2.75) is 38.5 Å². The number of esters is 1. The van der Waals surface area contributed by atoms with Crippen molar-refractivity contribution in [2.24, 2.45) is 0 Å². The van der Waals surface area contributed by atoms with Crippen molar-refractivity contribution in [3.8, 4) is 22.5 Å². The average Bonchev–Trinajstić information content (AvgIpc) is 3.19. The molecule has 0 fully saturated rings. The van der Waals surface area contributed by atoms with E-state index in [1.807, 2.05) is 36.4 Å². The molecule has 1 aliphatic carbocycles. The number of fused-ring (bicyclic) bond motifs is 5. The molecule has 1 aromatic carbocycles. The maximum absolute atomic E-state index is 13.5. The van der Waals surface area contributed by atoms with E-state index in [1.165, 1.54) is 0 Å². The summed E-state index contributed by atoms with van der Waals surface area (Å²) < 4.78 is 6.84. The summed E-state index contributed by atoms with van der Waals surface area (Å²) >= 11 is 6.16. The van der Waals surface area contributed by atoms with Crippen LogP contribution < -0.4 is 5.56 Å². The van der Waals surface area contributed by atoms with Gasteiger partial charge in [0.2, 0.25) is 0 Å². The molecule has 4 heterocycles. The largest absolute Gasteiger partial charge is 0.458 e. The Bertz CT molecular complexity index is 1520. The number of ether oxygens (including phenoxy) is 1. The zero-order valence-corrected chi connectivity index (χ0v) is 19.3. The van der Waals surface area contributed by atoms with E-state index in [1.54, 1.807) is 17.6 Å². The predicted octanol–water partition coefficient (Wildman–Crippen LogP) is 4.37. The lowest BCUT2D eigenvalue weighted by Gasteiger charge is -2.31. The van der Waals surface area contributed by atoms with Crippen molar-refractivity contribution < 1.29 is 14.6 Å². The van der Waals surface area contributed by atoms with E-state index in [2.05, 4.69) is 6.58 Å². The van der Waals surface area contributed by atoms with Crippen LogP contribution >= 0.6 is 11.6 Å². The second-order valence-corrected chi connectivity index (χ2v) is 9.39. The number of pyridine rings is 2. The first-order valence-electron chi connectivity index (χ1n) is 11.2. The van der Waals surface area contributed by atoms with Crippen LogP contribution in [0, 0.1) is 0 Å². The Kier molecular flexibility index (Phi) is 4.50. The zero-order chi connectivity index (χ0) is 23.8. The monoisotopic (exact) mass is 472 g/mol. The number of benzene rings is 1. The van der Waals surface area contributed by atoms with Crippen LogP contribution in [-0.2, 0) is 34.7 Å². The fourth-order valence-electron chi connectivity index (χ4n) is 5.23. The number of nitrogens with zero attached hydrogens (tertiary/aromatic N) is 2. The minimum absolute atomic E-state index is 0.104. The first kappa shape index (κ1) is 21.1. The highest BCUT2D eigenvalue weighted by Gasteiger charge is 2.45. The Morgan fingerprint density at radius 1 is 1.18 bits per heavy atom. The van der Waals surface area contributed by atoms with Gasteiger partial charge in [-0.2, -0.15) is 0 Å². The minimum atomic E-state index is -1.85. The minimum Gasteiger partial charge on any atom is -0.458 e. The van der Waals surface area contributed by atoms with E-state index in [0.717, 1.165) is 33.5 Å². The Morgan fingerprint density at radius 2 is 1.94 bits per heavy atom. The van der Waals surface area contributed by atoms with Gasteiger partial charge >= 0.3 is 5.97 Å². The summed E-state index contributed by atoms with van der Waals surface area (Å²) in [6.45, 7) is 6.01. The molecular weight excluding hydrogens is 452 g/mol. The highest BCUT2D eigenvalue weighted by Crippen LogP contribution is 2.44. The summed E-state index contributed by atoms with van der Waals surface area (Å²) in [6.07, 6.45) is 4.66. The molecule has 7 heteroatoms. The van der Waals surface area contributed by atoms with Gasteiger partial charge in [0.1, 0.15) is 6.61 Å². The SMILES string of the molecule is C=C1C=Cc2nc3c(c(-c4ccc(Cl)cc4)c2C1)Cn1c-3cc2c(c1=O)COC(=O)C2(O)CC.